The predicted octanol–water partition coefficient (Wildman–Crippen LogP) is 5.81. The maximum atomic E-state index is 9.66. The number of hydrogen-bond donors (Lipinski definition) is 2. The second kappa shape index (κ2) is 11.1. The maximum absolute atomic E-state index is 9.66. The lowest BCUT2D eigenvalue weighted by Gasteiger charge is -2.29. The molecule has 1 fully saturated rings. The van der Waals surface area contributed by atoms with Crippen LogP contribution in [0, 0.1) is 23.7 Å². The fraction of sp³-hybridized carbons (Fsp3) is 0.750. The quantitative estimate of drug-likeness (QED) is 0.536. The Labute approximate surface area is 161 Å². The van der Waals surface area contributed by atoms with Gasteiger partial charge < -0.3 is 10.2 Å². The van der Waals surface area contributed by atoms with Gasteiger partial charge in [0, 0.05) is 19.1 Å². The van der Waals surface area contributed by atoms with Gasteiger partial charge in [0.05, 0.1) is 0 Å². The highest BCUT2D eigenvalue weighted by Gasteiger charge is 2.23. The summed E-state index contributed by atoms with van der Waals surface area (Å²) in [4.78, 5) is 0. The van der Waals surface area contributed by atoms with E-state index >= 15 is 0 Å². The van der Waals surface area contributed by atoms with E-state index in [-0.39, 0.29) is 6.61 Å². The molecule has 2 aliphatic rings. The van der Waals surface area contributed by atoms with Gasteiger partial charge in [0.2, 0.25) is 0 Å². The molecule has 0 heterocycles. The van der Waals surface area contributed by atoms with E-state index in [1.807, 2.05) is 0 Å². The van der Waals surface area contributed by atoms with E-state index in [0.29, 0.717) is 24.4 Å². The number of rotatable bonds is 8. The third-order valence-corrected chi connectivity index (χ3v) is 6.23. The lowest BCUT2D eigenvalue weighted by molar-refractivity contribution is 0.161. The highest BCUT2D eigenvalue weighted by molar-refractivity contribution is 5.16. The highest BCUT2D eigenvalue weighted by atomic mass is 16.3. The van der Waals surface area contributed by atoms with E-state index in [1.54, 1.807) is 0 Å². The lowest BCUT2D eigenvalue weighted by atomic mass is 9.77. The van der Waals surface area contributed by atoms with E-state index in [0.717, 1.165) is 18.8 Å². The Kier molecular flexibility index (Phi) is 9.15. The van der Waals surface area contributed by atoms with Gasteiger partial charge in [-0.3, -0.25) is 0 Å². The number of aliphatic hydroxyl groups excluding tert-OH is 2. The van der Waals surface area contributed by atoms with E-state index in [4.69, 9.17) is 0 Å². The van der Waals surface area contributed by atoms with E-state index in [9.17, 15) is 10.2 Å². The van der Waals surface area contributed by atoms with Crippen LogP contribution in [0.1, 0.15) is 78.6 Å². The highest BCUT2D eigenvalue weighted by Crippen LogP contribution is 2.35. The summed E-state index contributed by atoms with van der Waals surface area (Å²) in [7, 11) is 0. The average molecular weight is 361 g/mol. The first-order valence-corrected chi connectivity index (χ1v) is 10.7. The molecular formula is C24H40O2. The molecule has 0 saturated heterocycles. The van der Waals surface area contributed by atoms with Crippen LogP contribution in [0.2, 0.25) is 0 Å². The molecule has 26 heavy (non-hydrogen) atoms. The zero-order valence-electron chi connectivity index (χ0n) is 17.2. The molecule has 0 aromatic carbocycles. The normalized spacial score (nSPS) is 30.0. The fourth-order valence-electron chi connectivity index (χ4n) is 4.81. The number of allylic oxidation sites excluding steroid dienone is 5. The molecule has 0 aliphatic heterocycles. The molecule has 0 amide bonds. The zero-order chi connectivity index (χ0) is 18.9. The Balaban J connectivity index is 1.86. The molecule has 0 radical (unpaired) electrons. The molecule has 4 atom stereocenters. The van der Waals surface area contributed by atoms with Gasteiger partial charge in [-0.05, 0) is 83.5 Å². The van der Waals surface area contributed by atoms with E-state index < -0.39 is 0 Å². The third-order valence-electron chi connectivity index (χ3n) is 6.23. The van der Waals surface area contributed by atoms with Gasteiger partial charge in [-0.15, -0.1) is 0 Å². The van der Waals surface area contributed by atoms with Crippen molar-refractivity contribution in [3.8, 4) is 0 Å². The second-order valence-electron chi connectivity index (χ2n) is 9.13. The first-order chi connectivity index (χ1) is 12.5. The van der Waals surface area contributed by atoms with Crippen molar-refractivity contribution in [2.45, 2.75) is 78.6 Å². The molecule has 2 aliphatic carbocycles. The smallest absolute Gasteiger partial charge is 0.0494 e. The number of aliphatic hydroxyl groups is 2. The minimum Gasteiger partial charge on any atom is -0.396 e. The maximum Gasteiger partial charge on any atom is 0.0494 e. The summed E-state index contributed by atoms with van der Waals surface area (Å²) >= 11 is 0. The van der Waals surface area contributed by atoms with Crippen LogP contribution in [0.3, 0.4) is 0 Å². The Morgan fingerprint density at radius 1 is 1.00 bits per heavy atom. The summed E-state index contributed by atoms with van der Waals surface area (Å²) in [6.45, 7) is 7.25. The Morgan fingerprint density at radius 3 is 2.46 bits per heavy atom. The topological polar surface area (TPSA) is 40.5 Å². The molecule has 148 valence electrons. The molecule has 4 unspecified atom stereocenters. The van der Waals surface area contributed by atoms with Crippen LogP contribution in [0.25, 0.3) is 0 Å². The van der Waals surface area contributed by atoms with Crippen LogP contribution in [0.15, 0.2) is 34.9 Å². The van der Waals surface area contributed by atoms with Crippen molar-refractivity contribution < 1.29 is 10.2 Å². The van der Waals surface area contributed by atoms with Crippen LogP contribution < -0.4 is 0 Å². The monoisotopic (exact) mass is 360 g/mol. The van der Waals surface area contributed by atoms with Crippen molar-refractivity contribution in [2.75, 3.05) is 13.2 Å². The van der Waals surface area contributed by atoms with Crippen LogP contribution in [-0.2, 0) is 0 Å². The van der Waals surface area contributed by atoms with Gasteiger partial charge in [-0.2, -0.15) is 0 Å². The SMILES string of the molecule is CC(C)=CCC1=CC(CO)CC(C/C(C)=C/CC2CCCC(CO)C2)C1. The molecule has 0 aromatic heterocycles. The molecule has 2 rings (SSSR count). The van der Waals surface area contributed by atoms with Crippen molar-refractivity contribution >= 4 is 0 Å². The van der Waals surface area contributed by atoms with Gasteiger partial charge in [0.1, 0.15) is 0 Å². The summed E-state index contributed by atoms with van der Waals surface area (Å²) in [5, 5.41) is 19.1. The minimum atomic E-state index is 0.280. The Hall–Kier alpha value is -0.860. The Bertz CT molecular complexity index is 510. The molecule has 2 N–H and O–H groups in total. The first-order valence-electron chi connectivity index (χ1n) is 10.7. The fourth-order valence-corrected chi connectivity index (χ4v) is 4.81. The van der Waals surface area contributed by atoms with Crippen LogP contribution in [0.5, 0.6) is 0 Å². The summed E-state index contributed by atoms with van der Waals surface area (Å²) < 4.78 is 0. The van der Waals surface area contributed by atoms with Gasteiger partial charge in [-0.1, -0.05) is 47.8 Å². The van der Waals surface area contributed by atoms with Crippen molar-refractivity contribution in [2.24, 2.45) is 23.7 Å². The molecule has 0 aromatic rings. The van der Waals surface area contributed by atoms with Crippen LogP contribution >= 0.6 is 0 Å². The van der Waals surface area contributed by atoms with Crippen LogP contribution in [0.4, 0.5) is 0 Å². The summed E-state index contributed by atoms with van der Waals surface area (Å²) in [6.07, 6.45) is 17.8. The summed E-state index contributed by atoms with van der Waals surface area (Å²) in [5.74, 6) is 2.31. The zero-order valence-corrected chi connectivity index (χ0v) is 17.2. The van der Waals surface area contributed by atoms with Crippen molar-refractivity contribution in [3.05, 3.63) is 34.9 Å². The summed E-state index contributed by atoms with van der Waals surface area (Å²) in [5.41, 5.74) is 4.40. The van der Waals surface area contributed by atoms with Gasteiger partial charge >= 0.3 is 0 Å². The summed E-state index contributed by atoms with van der Waals surface area (Å²) in [6, 6.07) is 0. The molecule has 2 heteroatoms. The molecule has 1 saturated carbocycles. The number of hydrogen-bond acceptors (Lipinski definition) is 2. The first kappa shape index (κ1) is 21.4. The van der Waals surface area contributed by atoms with Crippen molar-refractivity contribution in [3.63, 3.8) is 0 Å². The van der Waals surface area contributed by atoms with E-state index in [1.165, 1.54) is 61.7 Å². The van der Waals surface area contributed by atoms with Gasteiger partial charge in [-0.25, -0.2) is 0 Å². The van der Waals surface area contributed by atoms with Gasteiger partial charge in [0.25, 0.3) is 0 Å². The van der Waals surface area contributed by atoms with Crippen molar-refractivity contribution in [1.29, 1.82) is 0 Å². The molecule has 0 spiro atoms. The lowest BCUT2D eigenvalue weighted by Crippen LogP contribution is -2.18. The van der Waals surface area contributed by atoms with Crippen molar-refractivity contribution in [1.82, 2.24) is 0 Å². The molecule has 0 bridgehead atoms. The van der Waals surface area contributed by atoms with Crippen LogP contribution in [-0.4, -0.2) is 23.4 Å². The minimum absolute atomic E-state index is 0.280. The van der Waals surface area contributed by atoms with E-state index in [2.05, 4.69) is 39.0 Å². The Morgan fingerprint density at radius 2 is 1.77 bits per heavy atom. The third kappa shape index (κ3) is 7.40. The average Bonchev–Trinajstić information content (AvgIpc) is 2.64. The standard InChI is InChI=1S/C24H40O2/c1-18(2)7-9-21-13-23(15-24(14-21)17-26)11-19(3)8-10-20-5-4-6-22(12-20)16-25/h7-8,14,20,22-26H,4-6,9-13,15-17H2,1-3H3/b19-8+. The predicted molar refractivity (Wildman–Crippen MR) is 111 cm³/mol. The van der Waals surface area contributed by atoms with Gasteiger partial charge in [0.15, 0.2) is 0 Å². The molecular weight excluding hydrogens is 320 g/mol. The second-order valence-corrected chi connectivity index (χ2v) is 9.13. The largest absolute Gasteiger partial charge is 0.396 e. The molecule has 2 nitrogen and oxygen atoms in total.